The van der Waals surface area contributed by atoms with Crippen LogP contribution in [-0.2, 0) is 0 Å². The van der Waals surface area contributed by atoms with E-state index in [0.717, 1.165) is 22.8 Å². The molecular weight excluding hydrogens is 310 g/mol. The van der Waals surface area contributed by atoms with Crippen LogP contribution in [-0.4, -0.2) is 26.5 Å². The molecular formula is C17H17N3O2S. The summed E-state index contributed by atoms with van der Waals surface area (Å²) in [7, 11) is 0. The van der Waals surface area contributed by atoms with Crippen molar-refractivity contribution in [3.8, 4) is 11.8 Å². The second-order valence-corrected chi connectivity index (χ2v) is 6.66. The molecule has 0 unspecified atom stereocenters. The summed E-state index contributed by atoms with van der Waals surface area (Å²) in [5, 5.41) is 19.2. The van der Waals surface area contributed by atoms with Crippen molar-refractivity contribution < 1.29 is 9.90 Å². The molecule has 0 spiro atoms. The second-order valence-electron chi connectivity index (χ2n) is 5.58. The lowest BCUT2D eigenvalue weighted by molar-refractivity contribution is 0.0686. The van der Waals surface area contributed by atoms with E-state index in [-0.39, 0.29) is 5.69 Å². The summed E-state index contributed by atoms with van der Waals surface area (Å²) in [6, 6.07) is 7.76. The van der Waals surface area contributed by atoms with Gasteiger partial charge in [0.15, 0.2) is 0 Å². The van der Waals surface area contributed by atoms with Gasteiger partial charge in [-0.3, -0.25) is 5.10 Å². The largest absolute Gasteiger partial charge is 0.476 e. The second kappa shape index (κ2) is 7.34. The number of rotatable bonds is 4. The number of carboxylic acids is 1. The Bertz CT molecular complexity index is 754. The van der Waals surface area contributed by atoms with Gasteiger partial charge in [0, 0.05) is 16.9 Å². The molecule has 1 aromatic carbocycles. The molecule has 1 aliphatic rings. The smallest absolute Gasteiger partial charge is 0.359 e. The van der Waals surface area contributed by atoms with Crippen LogP contribution in [0.15, 0.2) is 34.2 Å². The third-order valence-electron chi connectivity index (χ3n) is 3.87. The quantitative estimate of drug-likeness (QED) is 0.839. The predicted octanol–water partition coefficient (Wildman–Crippen LogP) is 3.59. The maximum atomic E-state index is 11.0. The number of benzene rings is 1. The van der Waals surface area contributed by atoms with Crippen molar-refractivity contribution in [1.82, 2.24) is 15.4 Å². The van der Waals surface area contributed by atoms with Crippen molar-refractivity contribution in [1.29, 1.82) is 0 Å². The van der Waals surface area contributed by atoms with Crippen LogP contribution in [0.25, 0.3) is 0 Å². The molecule has 0 saturated heterocycles. The molecule has 1 saturated carbocycles. The Morgan fingerprint density at radius 2 is 2.22 bits per heavy atom. The fourth-order valence-electron chi connectivity index (χ4n) is 2.70. The first kappa shape index (κ1) is 15.6. The van der Waals surface area contributed by atoms with Crippen molar-refractivity contribution in [3.05, 3.63) is 35.5 Å². The maximum absolute atomic E-state index is 11.0. The number of aromatic nitrogens is 3. The summed E-state index contributed by atoms with van der Waals surface area (Å²) in [5.74, 6) is 6.15. The highest BCUT2D eigenvalue weighted by molar-refractivity contribution is 7.99. The van der Waals surface area contributed by atoms with Gasteiger partial charge in [-0.2, -0.15) is 0 Å². The number of hydrogen-bond donors (Lipinski definition) is 2. The Morgan fingerprint density at radius 1 is 1.39 bits per heavy atom. The first-order chi connectivity index (χ1) is 11.2. The molecule has 118 valence electrons. The van der Waals surface area contributed by atoms with Gasteiger partial charge in [-0.25, -0.2) is 4.79 Å². The molecule has 1 aromatic heterocycles. The Morgan fingerprint density at radius 3 is 3.00 bits per heavy atom. The molecule has 23 heavy (non-hydrogen) atoms. The monoisotopic (exact) mass is 327 g/mol. The van der Waals surface area contributed by atoms with Gasteiger partial charge in [-0.1, -0.05) is 47.7 Å². The third-order valence-corrected chi connectivity index (χ3v) is 4.85. The van der Waals surface area contributed by atoms with Gasteiger partial charge in [0.2, 0.25) is 5.69 Å². The number of hydrogen-bond acceptors (Lipinski definition) is 4. The van der Waals surface area contributed by atoms with Crippen LogP contribution in [0.5, 0.6) is 0 Å². The number of carboxylic acid groups (broad SMARTS) is 1. The zero-order chi connectivity index (χ0) is 16.1. The topological polar surface area (TPSA) is 78.9 Å². The lowest BCUT2D eigenvalue weighted by atomic mass is 10.0. The van der Waals surface area contributed by atoms with Crippen molar-refractivity contribution in [2.75, 3.05) is 0 Å². The van der Waals surface area contributed by atoms with E-state index in [4.69, 9.17) is 5.11 Å². The number of nitrogens with one attached hydrogen (secondary N) is 1. The van der Waals surface area contributed by atoms with E-state index in [1.165, 1.54) is 37.4 Å². The highest BCUT2D eigenvalue weighted by Crippen LogP contribution is 2.29. The molecule has 1 fully saturated rings. The normalized spacial score (nSPS) is 14.4. The number of aromatic carboxylic acids is 1. The number of carbonyl (C=O) groups is 1. The van der Waals surface area contributed by atoms with Gasteiger partial charge < -0.3 is 5.11 Å². The minimum absolute atomic E-state index is 0.0623. The highest BCUT2D eigenvalue weighted by Gasteiger charge is 2.16. The van der Waals surface area contributed by atoms with Crippen molar-refractivity contribution in [2.24, 2.45) is 5.92 Å². The Balaban J connectivity index is 1.68. The van der Waals surface area contributed by atoms with Gasteiger partial charge in [0.25, 0.3) is 0 Å². The predicted molar refractivity (Wildman–Crippen MR) is 87.4 cm³/mol. The van der Waals surface area contributed by atoms with Gasteiger partial charge in [0.05, 0.1) is 0 Å². The van der Waals surface area contributed by atoms with E-state index in [1.54, 1.807) is 0 Å². The fourth-order valence-corrected chi connectivity index (χ4v) is 3.58. The molecule has 0 bridgehead atoms. The third kappa shape index (κ3) is 4.14. The maximum Gasteiger partial charge on any atom is 0.359 e. The zero-order valence-corrected chi connectivity index (χ0v) is 13.4. The van der Waals surface area contributed by atoms with Crippen LogP contribution < -0.4 is 0 Å². The van der Waals surface area contributed by atoms with E-state index >= 15 is 0 Å². The molecule has 0 atom stereocenters. The SMILES string of the molecule is O=C(O)c1nn[nH]c1Sc1cccc(C#CCC2CCCC2)c1. The summed E-state index contributed by atoms with van der Waals surface area (Å²) >= 11 is 1.29. The van der Waals surface area contributed by atoms with Crippen LogP contribution in [0, 0.1) is 17.8 Å². The molecule has 1 aliphatic carbocycles. The van der Waals surface area contributed by atoms with Crippen molar-refractivity contribution in [3.63, 3.8) is 0 Å². The highest BCUT2D eigenvalue weighted by atomic mass is 32.2. The molecule has 3 rings (SSSR count). The minimum atomic E-state index is -1.09. The summed E-state index contributed by atoms with van der Waals surface area (Å²) in [6.07, 6.45) is 6.24. The Hall–Kier alpha value is -2.26. The zero-order valence-electron chi connectivity index (χ0n) is 12.6. The van der Waals surface area contributed by atoms with E-state index in [9.17, 15) is 4.79 Å². The molecule has 5 nitrogen and oxygen atoms in total. The standard InChI is InChI=1S/C17H17N3O2S/c21-17(22)15-16(19-20-18-15)23-14-10-4-9-13(11-14)8-3-7-12-5-1-2-6-12/h4,9-12H,1-2,5-7H2,(H,21,22)(H,18,19,20). The van der Waals surface area contributed by atoms with Gasteiger partial charge in [-0.05, 0) is 37.0 Å². The lowest BCUT2D eigenvalue weighted by Crippen LogP contribution is -1.98. The first-order valence-corrected chi connectivity index (χ1v) is 8.45. The van der Waals surface area contributed by atoms with Crippen LogP contribution in [0.2, 0.25) is 0 Å². The Labute approximate surface area is 138 Å². The summed E-state index contributed by atoms with van der Waals surface area (Å²) in [6.45, 7) is 0. The van der Waals surface area contributed by atoms with Crippen molar-refractivity contribution in [2.45, 2.75) is 42.0 Å². The van der Waals surface area contributed by atoms with Crippen LogP contribution >= 0.6 is 11.8 Å². The van der Waals surface area contributed by atoms with Gasteiger partial charge in [-0.15, -0.1) is 5.10 Å². The average molecular weight is 327 g/mol. The van der Waals surface area contributed by atoms with E-state index in [0.29, 0.717) is 5.03 Å². The molecule has 2 aromatic rings. The summed E-state index contributed by atoms with van der Waals surface area (Å²) < 4.78 is 0. The molecule has 0 aliphatic heterocycles. The average Bonchev–Trinajstić information content (AvgIpc) is 3.19. The summed E-state index contributed by atoms with van der Waals surface area (Å²) in [5.41, 5.74) is 0.880. The Kier molecular flexibility index (Phi) is 4.99. The first-order valence-electron chi connectivity index (χ1n) is 7.63. The fraction of sp³-hybridized carbons (Fsp3) is 0.353. The summed E-state index contributed by atoms with van der Waals surface area (Å²) in [4.78, 5) is 12.0. The van der Waals surface area contributed by atoms with Gasteiger partial charge in [0.1, 0.15) is 5.03 Å². The van der Waals surface area contributed by atoms with Crippen LogP contribution in [0.1, 0.15) is 48.2 Å². The van der Waals surface area contributed by atoms with Crippen molar-refractivity contribution >= 4 is 17.7 Å². The lowest BCUT2D eigenvalue weighted by Gasteiger charge is -2.01. The van der Waals surface area contributed by atoms with E-state index in [2.05, 4.69) is 27.3 Å². The minimum Gasteiger partial charge on any atom is -0.476 e. The van der Waals surface area contributed by atoms with Gasteiger partial charge >= 0.3 is 5.97 Å². The van der Waals surface area contributed by atoms with Crippen LogP contribution in [0.3, 0.4) is 0 Å². The molecule has 6 heteroatoms. The molecule has 2 N–H and O–H groups in total. The number of nitrogens with zero attached hydrogens (tertiary/aromatic N) is 2. The molecule has 0 radical (unpaired) electrons. The molecule has 0 amide bonds. The molecule has 1 heterocycles. The van der Waals surface area contributed by atoms with E-state index < -0.39 is 5.97 Å². The number of H-pyrrole nitrogens is 1. The van der Waals surface area contributed by atoms with E-state index in [1.807, 2.05) is 24.3 Å². The number of aromatic amines is 1. The van der Waals surface area contributed by atoms with Crippen LogP contribution in [0.4, 0.5) is 0 Å².